The third kappa shape index (κ3) is 5.35. The lowest BCUT2D eigenvalue weighted by molar-refractivity contribution is 0.0950. The van der Waals surface area contributed by atoms with Crippen molar-refractivity contribution in [3.05, 3.63) is 29.1 Å². The van der Waals surface area contributed by atoms with Gasteiger partial charge in [0.25, 0.3) is 0 Å². The van der Waals surface area contributed by atoms with Crippen LogP contribution < -0.4 is 4.72 Å². The molecule has 0 saturated carbocycles. The summed E-state index contributed by atoms with van der Waals surface area (Å²) in [6, 6.07) is 0. The molecule has 0 aliphatic heterocycles. The first-order valence-corrected chi connectivity index (χ1v) is 10.2. The standard InChI is InChI=1S/C15H23ClN6O5S/c1-10(13(27-4)14-17-7-11(16)8-18-14)28(23,24)21-15-20-19-12(9-26-3)22(15)5-6-25-2/h7-8,10,13H,5-6,9H2,1-4H3,(H,20,21). The number of sulfonamides is 1. The van der Waals surface area contributed by atoms with Crippen LogP contribution in [0.4, 0.5) is 5.95 Å². The molecule has 2 aromatic rings. The molecule has 0 aliphatic rings. The first-order valence-electron chi connectivity index (χ1n) is 8.25. The van der Waals surface area contributed by atoms with Gasteiger partial charge in [-0.1, -0.05) is 11.6 Å². The van der Waals surface area contributed by atoms with Crippen molar-refractivity contribution in [2.45, 2.75) is 31.4 Å². The summed E-state index contributed by atoms with van der Waals surface area (Å²) in [6.07, 6.45) is 1.84. The molecule has 0 bridgehead atoms. The van der Waals surface area contributed by atoms with Crippen molar-refractivity contribution in [3.8, 4) is 0 Å². The molecule has 0 aliphatic carbocycles. The van der Waals surface area contributed by atoms with E-state index in [1.807, 2.05) is 0 Å². The van der Waals surface area contributed by atoms with Crippen LogP contribution in [0, 0.1) is 0 Å². The number of rotatable bonds is 11. The number of halogens is 1. The first-order chi connectivity index (χ1) is 13.3. The minimum Gasteiger partial charge on any atom is -0.383 e. The molecule has 0 fully saturated rings. The molecule has 2 heterocycles. The molecule has 0 aromatic carbocycles. The number of nitrogens with zero attached hydrogens (tertiary/aromatic N) is 5. The van der Waals surface area contributed by atoms with Crippen molar-refractivity contribution in [3.63, 3.8) is 0 Å². The van der Waals surface area contributed by atoms with Gasteiger partial charge in [-0.2, -0.15) is 0 Å². The van der Waals surface area contributed by atoms with Crippen LogP contribution in [0.5, 0.6) is 0 Å². The summed E-state index contributed by atoms with van der Waals surface area (Å²) < 4.78 is 45.3. The molecule has 2 rings (SSSR count). The van der Waals surface area contributed by atoms with Gasteiger partial charge in [-0.15, -0.1) is 10.2 Å². The van der Waals surface area contributed by atoms with Crippen LogP contribution >= 0.6 is 11.6 Å². The molecule has 0 spiro atoms. The quantitative estimate of drug-likeness (QED) is 0.550. The molecular formula is C15H23ClN6O5S. The topological polar surface area (TPSA) is 130 Å². The Hall–Kier alpha value is -1.86. The van der Waals surface area contributed by atoms with Crippen LogP contribution in [0.1, 0.15) is 24.7 Å². The van der Waals surface area contributed by atoms with E-state index >= 15 is 0 Å². The Labute approximate surface area is 168 Å². The zero-order chi connectivity index (χ0) is 20.7. The lowest BCUT2D eigenvalue weighted by Crippen LogP contribution is -2.33. The van der Waals surface area contributed by atoms with E-state index in [9.17, 15) is 8.42 Å². The normalized spacial score (nSPS) is 14.0. The largest absolute Gasteiger partial charge is 0.383 e. The van der Waals surface area contributed by atoms with Gasteiger partial charge in [0.2, 0.25) is 16.0 Å². The Kier molecular flexibility index (Phi) is 8.07. The van der Waals surface area contributed by atoms with Crippen LogP contribution in [0.3, 0.4) is 0 Å². The summed E-state index contributed by atoms with van der Waals surface area (Å²) in [4.78, 5) is 8.10. The highest BCUT2D eigenvalue weighted by Crippen LogP contribution is 2.24. The SMILES string of the molecule is COCCn1c(COC)nnc1NS(=O)(=O)C(C)C(OC)c1ncc(Cl)cn1. The number of ether oxygens (including phenoxy) is 3. The van der Waals surface area contributed by atoms with Crippen LogP contribution in [-0.4, -0.2) is 66.3 Å². The Morgan fingerprint density at radius 1 is 1.18 bits per heavy atom. The summed E-state index contributed by atoms with van der Waals surface area (Å²) in [7, 11) is 0.510. The van der Waals surface area contributed by atoms with E-state index in [0.29, 0.717) is 24.0 Å². The van der Waals surface area contributed by atoms with Gasteiger partial charge in [0, 0.05) is 33.7 Å². The van der Waals surface area contributed by atoms with Crippen molar-refractivity contribution in [1.82, 2.24) is 24.7 Å². The monoisotopic (exact) mass is 434 g/mol. The predicted molar refractivity (Wildman–Crippen MR) is 101 cm³/mol. The molecule has 1 N–H and O–H groups in total. The van der Waals surface area contributed by atoms with Gasteiger partial charge in [0.05, 0.1) is 18.2 Å². The molecule has 2 atom stereocenters. The van der Waals surface area contributed by atoms with Gasteiger partial charge < -0.3 is 14.2 Å². The van der Waals surface area contributed by atoms with E-state index in [2.05, 4.69) is 24.9 Å². The molecule has 28 heavy (non-hydrogen) atoms. The molecule has 0 saturated heterocycles. The minimum absolute atomic E-state index is 0.0582. The molecule has 11 nitrogen and oxygen atoms in total. The minimum atomic E-state index is -3.93. The number of aromatic nitrogens is 5. The van der Waals surface area contributed by atoms with Crippen LogP contribution in [0.15, 0.2) is 12.4 Å². The fourth-order valence-corrected chi connectivity index (χ4v) is 3.67. The van der Waals surface area contributed by atoms with Gasteiger partial charge in [0.1, 0.15) is 18.0 Å². The van der Waals surface area contributed by atoms with E-state index < -0.39 is 21.4 Å². The van der Waals surface area contributed by atoms with E-state index in [-0.39, 0.29) is 18.4 Å². The molecule has 0 radical (unpaired) electrons. The van der Waals surface area contributed by atoms with Gasteiger partial charge in [-0.05, 0) is 6.92 Å². The second-order valence-corrected chi connectivity index (χ2v) is 8.26. The number of hydrogen-bond acceptors (Lipinski definition) is 9. The smallest absolute Gasteiger partial charge is 0.240 e. The average Bonchev–Trinajstić information content (AvgIpc) is 3.03. The van der Waals surface area contributed by atoms with Crippen molar-refractivity contribution in [2.75, 3.05) is 32.7 Å². The maximum atomic E-state index is 12.9. The zero-order valence-corrected chi connectivity index (χ0v) is 17.6. The summed E-state index contributed by atoms with van der Waals surface area (Å²) in [5, 5.41) is 7.20. The molecular weight excluding hydrogens is 412 g/mol. The lowest BCUT2D eigenvalue weighted by atomic mass is 10.2. The van der Waals surface area contributed by atoms with Gasteiger partial charge in [-0.25, -0.2) is 18.4 Å². The Bertz CT molecular complexity index is 860. The lowest BCUT2D eigenvalue weighted by Gasteiger charge is -2.22. The Morgan fingerprint density at radius 3 is 2.43 bits per heavy atom. The van der Waals surface area contributed by atoms with Crippen molar-refractivity contribution >= 4 is 27.6 Å². The fourth-order valence-electron chi connectivity index (χ4n) is 2.42. The number of methoxy groups -OCH3 is 3. The third-order valence-corrected chi connectivity index (χ3v) is 5.81. The molecule has 0 amide bonds. The second kappa shape index (κ2) is 10.1. The van der Waals surface area contributed by atoms with Gasteiger partial charge in [-0.3, -0.25) is 9.29 Å². The third-order valence-electron chi connectivity index (χ3n) is 3.92. The molecule has 13 heteroatoms. The summed E-state index contributed by atoms with van der Waals surface area (Å²) in [6.45, 7) is 2.36. The van der Waals surface area contributed by atoms with Crippen LogP contribution in [0.25, 0.3) is 0 Å². The maximum Gasteiger partial charge on any atom is 0.240 e. The number of nitrogens with one attached hydrogen (secondary N) is 1. The average molecular weight is 435 g/mol. The highest BCUT2D eigenvalue weighted by Gasteiger charge is 2.34. The van der Waals surface area contributed by atoms with Crippen LogP contribution in [-0.2, 0) is 37.4 Å². The van der Waals surface area contributed by atoms with Crippen molar-refractivity contribution < 1.29 is 22.6 Å². The van der Waals surface area contributed by atoms with E-state index in [0.717, 1.165) is 0 Å². The molecule has 2 unspecified atom stereocenters. The number of anilines is 1. The maximum absolute atomic E-state index is 12.9. The number of hydrogen-bond donors (Lipinski definition) is 1. The summed E-state index contributed by atoms with van der Waals surface area (Å²) in [5.41, 5.74) is 0. The van der Waals surface area contributed by atoms with Crippen LogP contribution in [0.2, 0.25) is 5.02 Å². The molecule has 156 valence electrons. The second-order valence-electron chi connectivity index (χ2n) is 5.79. The first kappa shape index (κ1) is 22.4. The van der Waals surface area contributed by atoms with E-state index in [4.69, 9.17) is 25.8 Å². The van der Waals surface area contributed by atoms with Crippen molar-refractivity contribution in [1.29, 1.82) is 0 Å². The summed E-state index contributed by atoms with van der Waals surface area (Å²) in [5.74, 6) is 0.725. The Balaban J connectivity index is 2.27. The Morgan fingerprint density at radius 2 is 1.86 bits per heavy atom. The van der Waals surface area contributed by atoms with Gasteiger partial charge >= 0.3 is 0 Å². The highest BCUT2D eigenvalue weighted by molar-refractivity contribution is 7.93. The van der Waals surface area contributed by atoms with Gasteiger partial charge in [0.15, 0.2) is 11.6 Å². The zero-order valence-electron chi connectivity index (χ0n) is 16.0. The molecule has 2 aromatic heterocycles. The van der Waals surface area contributed by atoms with E-state index in [1.54, 1.807) is 11.7 Å². The van der Waals surface area contributed by atoms with Crippen molar-refractivity contribution in [2.24, 2.45) is 0 Å². The van der Waals surface area contributed by atoms with E-state index in [1.165, 1.54) is 33.5 Å². The fraction of sp³-hybridized carbons (Fsp3) is 0.600. The highest BCUT2D eigenvalue weighted by atomic mass is 35.5. The summed E-state index contributed by atoms with van der Waals surface area (Å²) >= 11 is 5.79. The predicted octanol–water partition coefficient (Wildman–Crippen LogP) is 1.03.